The van der Waals surface area contributed by atoms with Crippen LogP contribution in [0.1, 0.15) is 46.8 Å². The fourth-order valence-electron chi connectivity index (χ4n) is 4.22. The maximum atomic E-state index is 14.1. The molecule has 2 aromatic rings. The van der Waals surface area contributed by atoms with Crippen molar-refractivity contribution in [1.82, 2.24) is 15.2 Å². The number of halogens is 5. The van der Waals surface area contributed by atoms with Gasteiger partial charge in [-0.1, -0.05) is 17.7 Å². The molecule has 1 aromatic heterocycles. The van der Waals surface area contributed by atoms with Crippen molar-refractivity contribution in [3.05, 3.63) is 64.2 Å². The predicted octanol–water partition coefficient (Wildman–Crippen LogP) is 4.08. The van der Waals surface area contributed by atoms with E-state index >= 15 is 0 Å². The first-order chi connectivity index (χ1) is 16.3. The van der Waals surface area contributed by atoms with E-state index in [0.29, 0.717) is 17.0 Å². The number of benzene rings is 1. The number of nitrogens with zero attached hydrogens (tertiary/aromatic N) is 2. The minimum atomic E-state index is -4.47. The Hall–Kier alpha value is -2.72. The average molecular weight is 515 g/mol. The van der Waals surface area contributed by atoms with Crippen LogP contribution in [0.15, 0.2) is 36.5 Å². The molecule has 1 aliphatic carbocycles. The van der Waals surface area contributed by atoms with E-state index in [1.807, 2.05) is 4.90 Å². The molecule has 6 nitrogen and oxygen atoms in total. The topological polar surface area (TPSA) is 88.3 Å². The van der Waals surface area contributed by atoms with Gasteiger partial charge >= 0.3 is 6.18 Å². The molecular weight excluding hydrogens is 488 g/mol. The fraction of sp³-hybridized carbons (Fsp3) is 0.458. The lowest BCUT2D eigenvalue weighted by Crippen LogP contribution is -2.43. The van der Waals surface area contributed by atoms with E-state index in [1.165, 1.54) is 30.5 Å². The quantitative estimate of drug-likeness (QED) is 0.468. The lowest BCUT2D eigenvalue weighted by atomic mass is 9.82. The van der Waals surface area contributed by atoms with Crippen LogP contribution in [0.2, 0.25) is 5.02 Å². The van der Waals surface area contributed by atoms with Crippen LogP contribution in [0.3, 0.4) is 0 Å². The number of hydrogen-bond acceptors (Lipinski definition) is 4. The van der Waals surface area contributed by atoms with Crippen LogP contribution in [0.4, 0.5) is 17.6 Å². The van der Waals surface area contributed by atoms with Crippen LogP contribution in [0.5, 0.6) is 0 Å². The van der Waals surface area contributed by atoms with E-state index in [-0.39, 0.29) is 43.1 Å². The highest BCUT2D eigenvalue weighted by molar-refractivity contribution is 6.30. The fourth-order valence-corrected chi connectivity index (χ4v) is 4.34. The third kappa shape index (κ3) is 6.29. The smallest absolute Gasteiger partial charge is 0.366 e. The number of hydrogen-bond donors (Lipinski definition) is 2. The molecule has 1 aliphatic rings. The molecule has 2 atom stereocenters. The van der Waals surface area contributed by atoms with Gasteiger partial charge in [0.15, 0.2) is 0 Å². The number of pyridine rings is 1. The Bertz CT molecular complexity index is 1070. The Morgan fingerprint density at radius 2 is 1.91 bits per heavy atom. The van der Waals surface area contributed by atoms with Gasteiger partial charge in [-0.25, -0.2) is 4.39 Å². The van der Waals surface area contributed by atoms with Crippen molar-refractivity contribution in [1.29, 1.82) is 0 Å². The number of nitrogens with one attached hydrogen (secondary N) is 1. The van der Waals surface area contributed by atoms with Crippen LogP contribution in [0.25, 0.3) is 0 Å². The highest BCUT2D eigenvalue weighted by Gasteiger charge is 2.67. The molecule has 35 heavy (non-hydrogen) atoms. The molecule has 0 radical (unpaired) electrons. The van der Waals surface area contributed by atoms with E-state index in [1.54, 1.807) is 20.2 Å². The van der Waals surface area contributed by atoms with Gasteiger partial charge in [-0.15, -0.1) is 0 Å². The van der Waals surface area contributed by atoms with Gasteiger partial charge in [0.05, 0.1) is 16.0 Å². The zero-order valence-electron chi connectivity index (χ0n) is 19.3. The molecule has 0 bridgehead atoms. The Kier molecular flexibility index (Phi) is 8.06. The number of likely N-dealkylation sites (N-methyl/N-ethyl adjacent to an activating group) is 1. The Morgan fingerprint density at radius 1 is 1.23 bits per heavy atom. The van der Waals surface area contributed by atoms with Crippen molar-refractivity contribution in [3.8, 4) is 0 Å². The highest BCUT2D eigenvalue weighted by Crippen LogP contribution is 2.65. The van der Waals surface area contributed by atoms with Gasteiger partial charge in [-0.2, -0.15) is 13.2 Å². The Morgan fingerprint density at radius 3 is 2.40 bits per heavy atom. The number of alkyl halides is 3. The zero-order chi connectivity index (χ0) is 26.0. The normalized spacial score (nSPS) is 16.6. The second-order valence-electron chi connectivity index (χ2n) is 9.12. The minimum absolute atomic E-state index is 0.0636. The molecule has 190 valence electrons. The Balaban J connectivity index is 1.70. The number of primary amides is 1. The molecule has 1 unspecified atom stereocenters. The molecule has 2 amide bonds. The predicted molar refractivity (Wildman–Crippen MR) is 123 cm³/mol. The van der Waals surface area contributed by atoms with Gasteiger partial charge in [-0.3, -0.25) is 14.6 Å². The van der Waals surface area contributed by atoms with Crippen LogP contribution >= 0.6 is 11.6 Å². The summed E-state index contributed by atoms with van der Waals surface area (Å²) in [6, 6.07) is 6.70. The first-order valence-electron chi connectivity index (χ1n) is 11.0. The molecule has 0 saturated heterocycles. The van der Waals surface area contributed by atoms with Gasteiger partial charge in [0.25, 0.3) is 5.91 Å². The van der Waals surface area contributed by atoms with Gasteiger partial charge in [-0.05, 0) is 63.2 Å². The minimum Gasteiger partial charge on any atom is -0.366 e. The van der Waals surface area contributed by atoms with Crippen LogP contribution < -0.4 is 11.1 Å². The van der Waals surface area contributed by atoms with Crippen molar-refractivity contribution in [2.75, 3.05) is 20.6 Å². The van der Waals surface area contributed by atoms with Crippen molar-refractivity contribution < 1.29 is 27.2 Å². The summed E-state index contributed by atoms with van der Waals surface area (Å²) < 4.78 is 55.8. The number of aromatic nitrogens is 1. The van der Waals surface area contributed by atoms with E-state index in [0.717, 1.165) is 0 Å². The van der Waals surface area contributed by atoms with Crippen LogP contribution in [0, 0.1) is 11.2 Å². The summed E-state index contributed by atoms with van der Waals surface area (Å²) in [6.45, 7) is 0.130. The average Bonchev–Trinajstić information content (AvgIpc) is 3.57. The number of nitrogens with two attached hydrogens (primary N) is 1. The molecule has 11 heteroatoms. The third-order valence-electron chi connectivity index (χ3n) is 6.55. The molecule has 3 N–H and O–H groups in total. The first kappa shape index (κ1) is 26.9. The number of carbonyl (C=O) groups excluding carboxylic acids is 2. The van der Waals surface area contributed by atoms with Gasteiger partial charge < -0.3 is 16.0 Å². The van der Waals surface area contributed by atoms with E-state index in [2.05, 4.69) is 10.3 Å². The molecule has 1 aromatic carbocycles. The maximum absolute atomic E-state index is 14.1. The summed E-state index contributed by atoms with van der Waals surface area (Å²) in [6.07, 6.45) is -3.36. The van der Waals surface area contributed by atoms with E-state index in [4.69, 9.17) is 17.3 Å². The highest BCUT2D eigenvalue weighted by atomic mass is 35.5. The molecule has 0 spiro atoms. The van der Waals surface area contributed by atoms with Crippen molar-refractivity contribution in [2.24, 2.45) is 11.1 Å². The van der Waals surface area contributed by atoms with E-state index in [9.17, 15) is 27.2 Å². The van der Waals surface area contributed by atoms with Gasteiger partial charge in [0.2, 0.25) is 5.91 Å². The molecule has 1 saturated carbocycles. The Labute approximate surface area is 205 Å². The summed E-state index contributed by atoms with van der Waals surface area (Å²) in [5.41, 5.74) is 3.69. The van der Waals surface area contributed by atoms with Gasteiger partial charge in [0, 0.05) is 36.8 Å². The SMILES string of the molecule is CN(C)[C@H](CNC(=O)CC(c1ccc(Cl)cn1)C1(C(F)(F)F)CC1)Cc1ccc(C(N)=O)c(F)c1. The van der Waals surface area contributed by atoms with Crippen LogP contribution in [-0.4, -0.2) is 54.6 Å². The van der Waals surface area contributed by atoms with E-state index < -0.39 is 35.1 Å². The summed E-state index contributed by atoms with van der Waals surface area (Å²) >= 11 is 5.84. The molecule has 0 aliphatic heterocycles. The molecular formula is C24H27ClF4N4O2. The summed E-state index contributed by atoms with van der Waals surface area (Å²) in [7, 11) is 3.54. The second kappa shape index (κ2) is 10.5. The van der Waals surface area contributed by atoms with Gasteiger partial charge in [0.1, 0.15) is 5.82 Å². The third-order valence-corrected chi connectivity index (χ3v) is 6.78. The largest absolute Gasteiger partial charge is 0.395 e. The number of rotatable bonds is 10. The molecule has 1 fully saturated rings. The number of carbonyl (C=O) groups is 2. The monoisotopic (exact) mass is 514 g/mol. The molecule has 3 rings (SSSR count). The lowest BCUT2D eigenvalue weighted by Gasteiger charge is -2.29. The number of amides is 2. The first-order valence-corrected chi connectivity index (χ1v) is 11.4. The summed E-state index contributed by atoms with van der Waals surface area (Å²) in [4.78, 5) is 29.9. The van der Waals surface area contributed by atoms with Crippen LogP contribution in [-0.2, 0) is 11.2 Å². The maximum Gasteiger partial charge on any atom is 0.395 e. The standard InChI is InChI=1S/C24H27ClF4N4O2/c1-33(2)16(9-14-3-5-17(22(30)35)19(26)10-14)13-32-21(34)11-18(20-6-4-15(25)12-31-20)23(7-8-23)24(27,28)29/h3-6,10,12,16,18H,7-9,11,13H2,1-2H3,(H2,30,35)(H,32,34)/t16-,18?/m0/s1. The lowest BCUT2D eigenvalue weighted by molar-refractivity contribution is -0.195. The second-order valence-corrected chi connectivity index (χ2v) is 9.55. The molecule has 1 heterocycles. The van der Waals surface area contributed by atoms with Crippen molar-refractivity contribution in [3.63, 3.8) is 0 Å². The zero-order valence-corrected chi connectivity index (χ0v) is 20.1. The van der Waals surface area contributed by atoms with Crippen molar-refractivity contribution in [2.45, 2.75) is 43.8 Å². The van der Waals surface area contributed by atoms with Crippen molar-refractivity contribution >= 4 is 23.4 Å². The summed E-state index contributed by atoms with van der Waals surface area (Å²) in [5.74, 6) is -3.28. The summed E-state index contributed by atoms with van der Waals surface area (Å²) in [5, 5.41) is 3.02.